The molecule has 15 aromatic rings. The Labute approximate surface area is 387 Å². The van der Waals surface area contributed by atoms with Crippen LogP contribution in [-0.4, -0.2) is 19.1 Å². The van der Waals surface area contributed by atoms with Gasteiger partial charge in [0.2, 0.25) is 0 Å². The number of fused-ring (bicyclic) bond motifs is 14. The molecule has 0 aliphatic heterocycles. The zero-order chi connectivity index (χ0) is 43.7. The molecule has 0 bridgehead atoms. The molecule has 0 radical (unpaired) electrons. The maximum Gasteiger partial charge on any atom is 0.161 e. The highest BCUT2D eigenvalue weighted by Crippen LogP contribution is 2.44. The van der Waals surface area contributed by atoms with Crippen LogP contribution >= 0.6 is 11.3 Å². The van der Waals surface area contributed by atoms with Crippen molar-refractivity contribution < 1.29 is 0 Å². The maximum atomic E-state index is 5.53. The van der Waals surface area contributed by atoms with Crippen molar-refractivity contribution in [1.82, 2.24) is 19.1 Å². The lowest BCUT2D eigenvalue weighted by Gasteiger charge is -2.16. The lowest BCUT2D eigenvalue weighted by atomic mass is 9.97. The van der Waals surface area contributed by atoms with E-state index in [1.54, 1.807) is 0 Å². The van der Waals surface area contributed by atoms with Crippen LogP contribution in [0.2, 0.25) is 0 Å². The summed E-state index contributed by atoms with van der Waals surface area (Å²) in [6, 6.07) is 79.7. The van der Waals surface area contributed by atoms with Gasteiger partial charge in [-0.2, -0.15) is 0 Å². The van der Waals surface area contributed by atoms with E-state index in [1.165, 1.54) is 79.8 Å². The molecule has 0 aliphatic carbocycles. The van der Waals surface area contributed by atoms with E-state index in [2.05, 4.69) is 228 Å². The zero-order valence-corrected chi connectivity index (χ0v) is 36.8. The van der Waals surface area contributed by atoms with Gasteiger partial charge < -0.3 is 9.13 Å². The topological polar surface area (TPSA) is 35.6 Å². The molecule has 4 nitrogen and oxygen atoms in total. The van der Waals surface area contributed by atoms with Crippen LogP contribution in [0.4, 0.5) is 0 Å². The molecule has 0 fully saturated rings. The van der Waals surface area contributed by atoms with Gasteiger partial charge in [-0.05, 0) is 87.6 Å². The zero-order valence-electron chi connectivity index (χ0n) is 36.0. The van der Waals surface area contributed by atoms with Gasteiger partial charge in [-0.15, -0.1) is 11.3 Å². The van der Waals surface area contributed by atoms with E-state index in [9.17, 15) is 0 Å². The van der Waals surface area contributed by atoms with Crippen LogP contribution < -0.4 is 0 Å². The quantitative estimate of drug-likeness (QED) is 0.177. The minimum atomic E-state index is 0.735. The molecule has 15 rings (SSSR count). The van der Waals surface area contributed by atoms with Gasteiger partial charge in [-0.1, -0.05) is 158 Å². The minimum Gasteiger partial charge on any atom is -0.309 e. The van der Waals surface area contributed by atoms with Crippen molar-refractivity contribution in [2.45, 2.75) is 0 Å². The van der Waals surface area contributed by atoms with E-state index >= 15 is 0 Å². The molecule has 0 aliphatic rings. The fourth-order valence-electron chi connectivity index (χ4n) is 11.1. The highest BCUT2D eigenvalue weighted by molar-refractivity contribution is 7.26. The van der Waals surface area contributed by atoms with Crippen molar-refractivity contribution >= 4 is 118 Å². The van der Waals surface area contributed by atoms with Gasteiger partial charge in [0, 0.05) is 69.3 Å². The maximum absolute atomic E-state index is 5.53. The summed E-state index contributed by atoms with van der Waals surface area (Å²) >= 11 is 1.81. The van der Waals surface area contributed by atoms with Crippen molar-refractivity contribution in [1.29, 1.82) is 0 Å². The van der Waals surface area contributed by atoms with Gasteiger partial charge in [-0.25, -0.2) is 9.97 Å². The van der Waals surface area contributed by atoms with Crippen LogP contribution in [0.5, 0.6) is 0 Å². The normalized spacial score (nSPS) is 12.2. The minimum absolute atomic E-state index is 0.735. The third-order valence-electron chi connectivity index (χ3n) is 14.1. The third-order valence-corrected chi connectivity index (χ3v) is 15.3. The first-order valence-corrected chi connectivity index (χ1v) is 23.6. The summed E-state index contributed by atoms with van der Waals surface area (Å²) in [5, 5.41) is 15.7. The molecule has 0 amide bonds. The number of nitrogens with zero attached hydrogens (tertiary/aromatic N) is 4. The fraction of sp³-hybridized carbons (Fsp3) is 0. The number of aromatic nitrogens is 4. The first-order chi connectivity index (χ1) is 33.2. The van der Waals surface area contributed by atoms with Crippen molar-refractivity contribution in [2.24, 2.45) is 0 Å². The monoisotopic (exact) mass is 868 g/mol. The number of hydrogen-bond donors (Lipinski definition) is 0. The predicted octanol–water partition coefficient (Wildman–Crippen LogP) is 17.0. The van der Waals surface area contributed by atoms with Gasteiger partial charge in [0.1, 0.15) is 0 Å². The van der Waals surface area contributed by atoms with Crippen molar-refractivity contribution in [3.05, 3.63) is 218 Å². The van der Waals surface area contributed by atoms with Crippen molar-refractivity contribution in [2.75, 3.05) is 0 Å². The highest BCUT2D eigenvalue weighted by Gasteiger charge is 2.22. The molecule has 0 unspecified atom stereocenters. The molecule has 0 spiro atoms. The summed E-state index contributed by atoms with van der Waals surface area (Å²) < 4.78 is 7.42. The van der Waals surface area contributed by atoms with Crippen LogP contribution in [0.1, 0.15) is 0 Å². The average molecular weight is 869 g/mol. The fourth-order valence-corrected chi connectivity index (χ4v) is 12.3. The molecule has 67 heavy (non-hydrogen) atoms. The van der Waals surface area contributed by atoms with E-state index in [0.29, 0.717) is 0 Å². The van der Waals surface area contributed by atoms with E-state index in [0.717, 1.165) is 61.2 Å². The third kappa shape index (κ3) is 5.29. The van der Waals surface area contributed by atoms with E-state index in [-0.39, 0.29) is 0 Å². The van der Waals surface area contributed by atoms with Crippen LogP contribution in [0.15, 0.2) is 218 Å². The summed E-state index contributed by atoms with van der Waals surface area (Å²) in [5.74, 6) is 0.735. The first kappa shape index (κ1) is 36.7. The molecule has 4 heterocycles. The highest BCUT2D eigenvalue weighted by atomic mass is 32.1. The second kappa shape index (κ2) is 13.9. The lowest BCUT2D eigenvalue weighted by Crippen LogP contribution is -1.99. The number of para-hydroxylation sites is 2. The molecule has 0 atom stereocenters. The van der Waals surface area contributed by atoms with E-state index < -0.39 is 0 Å². The molecule has 11 aromatic carbocycles. The smallest absolute Gasteiger partial charge is 0.161 e. The molecule has 310 valence electrons. The number of thiophene rings is 1. The Balaban J connectivity index is 0.996. The lowest BCUT2D eigenvalue weighted by molar-refractivity contribution is 1.16. The number of hydrogen-bond acceptors (Lipinski definition) is 3. The van der Waals surface area contributed by atoms with E-state index in [1.807, 2.05) is 11.3 Å². The summed E-state index contributed by atoms with van der Waals surface area (Å²) in [5.41, 5.74) is 10.9. The van der Waals surface area contributed by atoms with Crippen molar-refractivity contribution in [3.63, 3.8) is 0 Å². The van der Waals surface area contributed by atoms with Gasteiger partial charge in [-0.3, -0.25) is 0 Å². The molecular weight excluding hydrogens is 833 g/mol. The van der Waals surface area contributed by atoms with Gasteiger partial charge in [0.05, 0.1) is 39.0 Å². The summed E-state index contributed by atoms with van der Waals surface area (Å²) in [6.45, 7) is 0. The summed E-state index contributed by atoms with van der Waals surface area (Å²) in [6.07, 6.45) is 0. The molecule has 0 saturated carbocycles. The van der Waals surface area contributed by atoms with Gasteiger partial charge in [0.15, 0.2) is 5.82 Å². The Kier molecular flexibility index (Phi) is 7.63. The van der Waals surface area contributed by atoms with Crippen molar-refractivity contribution in [3.8, 4) is 34.0 Å². The summed E-state index contributed by atoms with van der Waals surface area (Å²) in [4.78, 5) is 10.8. The molecule has 4 aromatic heterocycles. The van der Waals surface area contributed by atoms with Gasteiger partial charge >= 0.3 is 0 Å². The summed E-state index contributed by atoms with van der Waals surface area (Å²) in [7, 11) is 0. The number of benzene rings is 11. The van der Waals surface area contributed by atoms with Crippen LogP contribution in [0, 0.1) is 0 Å². The van der Waals surface area contributed by atoms with Gasteiger partial charge in [0.25, 0.3) is 0 Å². The predicted molar refractivity (Wildman–Crippen MR) is 284 cm³/mol. The SMILES string of the molecule is c1ccc2cc3c(cc2c1)c1ccc(-n2c4ccccc4c4c5ccccc5ccc42)cc1n3-c1cccc2c(-c3nc(-c4cccc5c4sc4ccccc45)nc4ccccc34)cccc12. The number of rotatable bonds is 4. The van der Waals surface area contributed by atoms with Crippen LogP contribution in [-0.2, 0) is 0 Å². The second-order valence-electron chi connectivity index (χ2n) is 17.7. The van der Waals surface area contributed by atoms with Crippen LogP contribution in [0.25, 0.3) is 141 Å². The van der Waals surface area contributed by atoms with Crippen LogP contribution in [0.3, 0.4) is 0 Å². The van der Waals surface area contributed by atoms with E-state index in [4.69, 9.17) is 9.97 Å². The standard InChI is InChI=1S/C62H36N4S/c1-2-16-39-35-56-51(34-38(39)15-1)44-32-31-40(65-54-27-9-6-20-49(54)59-41-17-4-3-14-37(41)30-33-55(59)65)36-57(44)66(56)53-28-13-21-42-43(53)22-11-23-46(42)60-48-19-5-8-26-52(48)63-62(64-60)50-25-12-24-47-45-18-7-10-29-58(45)67-61(47)50/h1-36H. The Morgan fingerprint density at radius 2 is 1.01 bits per heavy atom. The second-order valence-corrected chi connectivity index (χ2v) is 18.7. The average Bonchev–Trinajstić information content (AvgIpc) is 4.04. The molecule has 5 heteroatoms. The Morgan fingerprint density at radius 3 is 1.91 bits per heavy atom. The Hall–Kier alpha value is -8.64. The molecule has 0 saturated heterocycles. The largest absolute Gasteiger partial charge is 0.309 e. The molecular formula is C62H36N4S. The first-order valence-electron chi connectivity index (χ1n) is 22.8. The molecule has 0 N–H and O–H groups in total. The Bertz CT molecular complexity index is 4590. The Morgan fingerprint density at radius 1 is 0.343 bits per heavy atom.